The Kier molecular flexibility index (Phi) is 9.27. The number of piperazine rings is 1. The van der Waals surface area contributed by atoms with Gasteiger partial charge in [-0.1, -0.05) is 19.9 Å². The van der Waals surface area contributed by atoms with Gasteiger partial charge in [0.2, 0.25) is 5.91 Å². The van der Waals surface area contributed by atoms with E-state index < -0.39 is 16.9 Å². The fourth-order valence-corrected chi connectivity index (χ4v) is 4.06. The predicted octanol–water partition coefficient (Wildman–Crippen LogP) is 2.14. The van der Waals surface area contributed by atoms with Gasteiger partial charge >= 0.3 is 0 Å². The number of hydrogen-bond donors (Lipinski definition) is 1. The average Bonchev–Trinajstić information content (AvgIpc) is 2.76. The standard InChI is InChI=1S/C21H29N5O4S/c1-15(2)19(14-22)24-8-10-25(11-9-24)21(28)18(7-12-31-3)23-20(27)16-5-4-6-17(13-16)26(29)30/h4-6,13,15,18-19H,7-12H2,1-3H3,(H,23,27). The Labute approximate surface area is 186 Å². The van der Waals surface area contributed by atoms with E-state index in [1.54, 1.807) is 16.7 Å². The van der Waals surface area contributed by atoms with Crippen molar-refractivity contribution >= 4 is 29.3 Å². The molecule has 1 aromatic rings. The van der Waals surface area contributed by atoms with Gasteiger partial charge in [0.1, 0.15) is 12.1 Å². The van der Waals surface area contributed by atoms with E-state index in [1.165, 1.54) is 24.3 Å². The Balaban J connectivity index is 2.06. The summed E-state index contributed by atoms with van der Waals surface area (Å²) in [6.07, 6.45) is 2.39. The number of carbonyl (C=O) groups excluding carboxylic acids is 2. The zero-order valence-corrected chi connectivity index (χ0v) is 18.9. The van der Waals surface area contributed by atoms with E-state index in [0.29, 0.717) is 38.4 Å². The summed E-state index contributed by atoms with van der Waals surface area (Å²) >= 11 is 1.58. The number of nitro groups is 1. The van der Waals surface area contributed by atoms with Crippen LogP contribution in [0.5, 0.6) is 0 Å². The van der Waals surface area contributed by atoms with Crippen LogP contribution in [0.2, 0.25) is 0 Å². The van der Waals surface area contributed by atoms with E-state index in [1.807, 2.05) is 20.1 Å². The summed E-state index contributed by atoms with van der Waals surface area (Å²) < 4.78 is 0. The number of thioether (sulfide) groups is 1. The van der Waals surface area contributed by atoms with Crippen molar-refractivity contribution in [2.75, 3.05) is 38.2 Å². The first-order chi connectivity index (χ1) is 14.8. The van der Waals surface area contributed by atoms with Crippen LogP contribution in [0, 0.1) is 27.4 Å². The highest BCUT2D eigenvalue weighted by atomic mass is 32.2. The molecule has 168 valence electrons. The third-order valence-corrected chi connectivity index (χ3v) is 5.96. The number of nitro benzene ring substituents is 1. The fourth-order valence-electron chi connectivity index (χ4n) is 3.59. The van der Waals surface area contributed by atoms with Crippen LogP contribution in [0.25, 0.3) is 0 Å². The fraction of sp³-hybridized carbons (Fsp3) is 0.571. The van der Waals surface area contributed by atoms with Crippen molar-refractivity contribution in [2.24, 2.45) is 5.92 Å². The second-order valence-corrected chi connectivity index (χ2v) is 8.78. The van der Waals surface area contributed by atoms with Crippen LogP contribution in [-0.4, -0.2) is 76.8 Å². The van der Waals surface area contributed by atoms with Gasteiger partial charge in [-0.2, -0.15) is 17.0 Å². The maximum atomic E-state index is 13.1. The number of benzene rings is 1. The van der Waals surface area contributed by atoms with Gasteiger partial charge in [-0.3, -0.25) is 24.6 Å². The third-order valence-electron chi connectivity index (χ3n) is 5.32. The number of hydrogen-bond acceptors (Lipinski definition) is 7. The molecule has 0 radical (unpaired) electrons. The topological polar surface area (TPSA) is 120 Å². The normalized spacial score (nSPS) is 16.4. The van der Waals surface area contributed by atoms with Crippen molar-refractivity contribution in [3.05, 3.63) is 39.9 Å². The minimum atomic E-state index is -0.706. The number of non-ortho nitro benzene ring substituents is 1. The molecule has 2 atom stereocenters. The quantitative estimate of drug-likeness (QED) is 0.455. The molecule has 2 rings (SSSR count). The lowest BCUT2D eigenvalue weighted by Crippen LogP contribution is -2.57. The van der Waals surface area contributed by atoms with Gasteiger partial charge in [0, 0.05) is 43.9 Å². The number of nitrogens with one attached hydrogen (secondary N) is 1. The van der Waals surface area contributed by atoms with Gasteiger partial charge in [0.15, 0.2) is 0 Å². The van der Waals surface area contributed by atoms with Gasteiger partial charge in [-0.15, -0.1) is 0 Å². The smallest absolute Gasteiger partial charge is 0.270 e. The summed E-state index contributed by atoms with van der Waals surface area (Å²) in [6, 6.07) is 6.91. The molecular weight excluding hydrogens is 418 g/mol. The van der Waals surface area contributed by atoms with Crippen molar-refractivity contribution < 1.29 is 14.5 Å². The third kappa shape index (κ3) is 6.67. The number of nitriles is 1. The van der Waals surface area contributed by atoms with Crippen LogP contribution in [0.4, 0.5) is 5.69 Å². The lowest BCUT2D eigenvalue weighted by molar-refractivity contribution is -0.384. The number of carbonyl (C=O) groups is 2. The van der Waals surface area contributed by atoms with Crippen LogP contribution in [0.3, 0.4) is 0 Å². The molecule has 2 amide bonds. The van der Waals surface area contributed by atoms with E-state index in [4.69, 9.17) is 0 Å². The zero-order valence-electron chi connectivity index (χ0n) is 18.1. The first-order valence-electron chi connectivity index (χ1n) is 10.2. The molecule has 0 aromatic heterocycles. The van der Waals surface area contributed by atoms with Crippen LogP contribution in [0.1, 0.15) is 30.6 Å². The largest absolute Gasteiger partial charge is 0.340 e. The van der Waals surface area contributed by atoms with Crippen molar-refractivity contribution in [2.45, 2.75) is 32.4 Å². The second kappa shape index (κ2) is 11.7. The minimum absolute atomic E-state index is 0.148. The average molecular weight is 448 g/mol. The molecule has 1 fully saturated rings. The molecule has 0 aliphatic carbocycles. The first kappa shape index (κ1) is 24.6. The van der Waals surface area contributed by atoms with E-state index in [9.17, 15) is 25.0 Å². The van der Waals surface area contributed by atoms with Crippen LogP contribution < -0.4 is 5.32 Å². The highest BCUT2D eigenvalue weighted by molar-refractivity contribution is 7.98. The summed E-state index contributed by atoms with van der Waals surface area (Å²) in [7, 11) is 0. The molecule has 1 saturated heterocycles. The molecule has 0 spiro atoms. The van der Waals surface area contributed by atoms with E-state index >= 15 is 0 Å². The van der Waals surface area contributed by atoms with Crippen molar-refractivity contribution in [3.63, 3.8) is 0 Å². The molecular formula is C21H29N5O4S. The second-order valence-electron chi connectivity index (χ2n) is 7.79. The molecule has 10 heteroatoms. The maximum absolute atomic E-state index is 13.1. The monoisotopic (exact) mass is 447 g/mol. The Morgan fingerprint density at radius 2 is 1.97 bits per heavy atom. The molecule has 1 aliphatic heterocycles. The SMILES string of the molecule is CSCCC(NC(=O)c1cccc([N+](=O)[O-])c1)C(=O)N1CCN(C(C#N)C(C)C)CC1. The Bertz CT molecular complexity index is 833. The van der Waals surface area contributed by atoms with Gasteiger partial charge in [-0.25, -0.2) is 0 Å². The highest BCUT2D eigenvalue weighted by Gasteiger charge is 2.31. The summed E-state index contributed by atoms with van der Waals surface area (Å²) in [6.45, 7) is 6.21. The number of nitrogens with zero attached hydrogens (tertiary/aromatic N) is 4. The summed E-state index contributed by atoms with van der Waals surface area (Å²) in [5, 5.41) is 23.1. The molecule has 0 bridgehead atoms. The van der Waals surface area contributed by atoms with Gasteiger partial charge in [-0.05, 0) is 30.4 Å². The Morgan fingerprint density at radius 1 is 1.29 bits per heavy atom. The minimum Gasteiger partial charge on any atom is -0.340 e. The zero-order chi connectivity index (χ0) is 23.0. The van der Waals surface area contributed by atoms with E-state index in [-0.39, 0.29) is 29.1 Å². The van der Waals surface area contributed by atoms with E-state index in [2.05, 4.69) is 16.3 Å². The van der Waals surface area contributed by atoms with Gasteiger partial charge in [0.05, 0.1) is 11.0 Å². The van der Waals surface area contributed by atoms with E-state index in [0.717, 1.165) is 0 Å². The number of rotatable bonds is 9. The van der Waals surface area contributed by atoms with Crippen LogP contribution in [-0.2, 0) is 4.79 Å². The molecule has 1 heterocycles. The molecule has 2 unspecified atom stereocenters. The Hall–Kier alpha value is -2.64. The van der Waals surface area contributed by atoms with Crippen molar-refractivity contribution in [1.82, 2.24) is 15.1 Å². The molecule has 9 nitrogen and oxygen atoms in total. The molecule has 1 N–H and O–H groups in total. The number of amides is 2. The van der Waals surface area contributed by atoms with Gasteiger partial charge in [0.25, 0.3) is 11.6 Å². The summed E-state index contributed by atoms with van der Waals surface area (Å²) in [5.41, 5.74) is -0.0253. The molecule has 0 saturated carbocycles. The molecule has 31 heavy (non-hydrogen) atoms. The summed E-state index contributed by atoms with van der Waals surface area (Å²) in [4.78, 5) is 40.1. The molecule has 1 aliphatic rings. The lowest BCUT2D eigenvalue weighted by Gasteiger charge is -2.39. The highest BCUT2D eigenvalue weighted by Crippen LogP contribution is 2.16. The lowest BCUT2D eigenvalue weighted by atomic mass is 10.0. The molecule has 1 aromatic carbocycles. The van der Waals surface area contributed by atoms with Crippen LogP contribution in [0.15, 0.2) is 24.3 Å². The Morgan fingerprint density at radius 3 is 2.52 bits per heavy atom. The van der Waals surface area contributed by atoms with Crippen LogP contribution >= 0.6 is 11.8 Å². The summed E-state index contributed by atoms with van der Waals surface area (Å²) in [5.74, 6) is 0.225. The van der Waals surface area contributed by atoms with Gasteiger partial charge < -0.3 is 10.2 Å². The maximum Gasteiger partial charge on any atom is 0.270 e. The predicted molar refractivity (Wildman–Crippen MR) is 120 cm³/mol. The first-order valence-corrected chi connectivity index (χ1v) is 11.6. The van der Waals surface area contributed by atoms with Crippen molar-refractivity contribution in [1.29, 1.82) is 5.26 Å². The van der Waals surface area contributed by atoms with Crippen molar-refractivity contribution in [3.8, 4) is 6.07 Å².